The number of nitrogens with one attached hydrogen (secondary N) is 1. The minimum absolute atomic E-state index is 0.0278. The van der Waals surface area contributed by atoms with E-state index in [4.69, 9.17) is 16.7 Å². The van der Waals surface area contributed by atoms with Crippen molar-refractivity contribution in [2.45, 2.75) is 64.4 Å². The second-order valence-corrected chi connectivity index (χ2v) is 15.8. The molecule has 0 spiro atoms. The first-order chi connectivity index (χ1) is 24.0. The zero-order valence-electron chi connectivity index (χ0n) is 29.4. The zero-order chi connectivity index (χ0) is 35.4. The van der Waals surface area contributed by atoms with Gasteiger partial charge in [-0.1, -0.05) is 36.4 Å². The molecule has 4 aliphatic rings. The van der Waals surface area contributed by atoms with Crippen LogP contribution in [0.15, 0.2) is 48.5 Å². The molecule has 0 atom stereocenters. The van der Waals surface area contributed by atoms with Gasteiger partial charge >= 0.3 is 6.09 Å². The van der Waals surface area contributed by atoms with Gasteiger partial charge in [0.2, 0.25) is 0 Å². The van der Waals surface area contributed by atoms with Crippen molar-refractivity contribution in [1.29, 1.82) is 0 Å². The molecule has 4 aromatic rings. The molecule has 0 unspecified atom stereocenters. The summed E-state index contributed by atoms with van der Waals surface area (Å²) in [5.74, 6) is 1.19. The largest absolute Gasteiger partial charge is 0.465 e. The highest BCUT2D eigenvalue weighted by Crippen LogP contribution is 2.27. The van der Waals surface area contributed by atoms with Crippen molar-refractivity contribution >= 4 is 51.3 Å². The van der Waals surface area contributed by atoms with Gasteiger partial charge in [-0.15, -0.1) is 11.6 Å². The number of hydrogen-bond donors (Lipinski definition) is 2. The van der Waals surface area contributed by atoms with Crippen LogP contribution >= 0.6 is 11.6 Å². The number of likely N-dealkylation sites (tertiary alicyclic amines) is 1. The van der Waals surface area contributed by atoms with E-state index < -0.39 is 6.09 Å². The molecule has 0 aliphatic carbocycles. The number of fused-ring (bicyclic) bond motifs is 6. The Labute approximate surface area is 298 Å². The number of aromatic nitrogens is 4. The fourth-order valence-corrected chi connectivity index (χ4v) is 7.21. The predicted octanol–water partition coefficient (Wildman–Crippen LogP) is 5.40. The van der Waals surface area contributed by atoms with Crippen LogP contribution < -0.4 is 5.32 Å². The number of nitrogens with zero attached hydrogens (tertiary/aromatic N) is 7. The van der Waals surface area contributed by atoms with Gasteiger partial charge in [-0.25, -0.2) is 4.79 Å². The number of carbonyl (C=O) groups is 3. The summed E-state index contributed by atoms with van der Waals surface area (Å²) in [5.41, 5.74) is 3.23. The maximum absolute atomic E-state index is 12.9. The Morgan fingerprint density at radius 3 is 1.60 bits per heavy atom. The highest BCUT2D eigenvalue weighted by Gasteiger charge is 2.32. The van der Waals surface area contributed by atoms with Crippen molar-refractivity contribution in [2.75, 3.05) is 52.4 Å². The maximum atomic E-state index is 12.9. The molecule has 0 bridgehead atoms. The van der Waals surface area contributed by atoms with Crippen LogP contribution in [0.1, 0.15) is 67.4 Å². The Bertz CT molecular complexity index is 1810. The first-order valence-electron chi connectivity index (χ1n) is 17.8. The van der Waals surface area contributed by atoms with E-state index in [1.165, 1.54) is 17.7 Å². The molecular weight excluding hydrogens is 656 g/mol. The van der Waals surface area contributed by atoms with E-state index in [0.717, 1.165) is 73.1 Å². The SMILES string of the molecule is CC(C)(C)Cl.O=C(O)N1CCC(CN2CCn3nc4ccccc4c3C2=O)CC1.O=C1c2c3ccccc3nn2CCN1CC1CCNCC1. The molecule has 0 radical (unpaired) electrons. The molecule has 6 heterocycles. The minimum Gasteiger partial charge on any atom is -0.465 e. The molecule has 2 aromatic heterocycles. The first kappa shape index (κ1) is 35.7. The molecular formula is C37H49ClN8O4. The number of amides is 3. The number of piperidine rings is 2. The Kier molecular flexibility index (Phi) is 11.0. The number of carbonyl (C=O) groups excluding carboxylic acids is 2. The van der Waals surface area contributed by atoms with Gasteiger partial charge in [-0.3, -0.25) is 19.0 Å². The number of carboxylic acid groups (broad SMARTS) is 1. The van der Waals surface area contributed by atoms with Gasteiger partial charge in [-0.2, -0.15) is 10.2 Å². The van der Waals surface area contributed by atoms with Crippen LogP contribution in [-0.4, -0.2) is 115 Å². The van der Waals surface area contributed by atoms with Gasteiger partial charge in [-0.05, 0) is 83.5 Å². The Morgan fingerprint density at radius 2 is 1.16 bits per heavy atom. The highest BCUT2D eigenvalue weighted by molar-refractivity contribution is 6.23. The van der Waals surface area contributed by atoms with Gasteiger partial charge < -0.3 is 25.1 Å². The van der Waals surface area contributed by atoms with E-state index in [0.29, 0.717) is 50.3 Å². The quantitative estimate of drug-likeness (QED) is 0.273. The van der Waals surface area contributed by atoms with Gasteiger partial charge in [0, 0.05) is 54.9 Å². The molecule has 2 aromatic carbocycles. The van der Waals surface area contributed by atoms with Crippen molar-refractivity contribution in [3.8, 4) is 0 Å². The lowest BCUT2D eigenvalue weighted by Crippen LogP contribution is -2.46. The molecule has 3 amide bonds. The third-order valence-electron chi connectivity index (χ3n) is 9.74. The van der Waals surface area contributed by atoms with Gasteiger partial charge in [0.1, 0.15) is 11.4 Å². The number of rotatable bonds is 4. The summed E-state index contributed by atoms with van der Waals surface area (Å²) >= 11 is 5.53. The van der Waals surface area contributed by atoms with E-state index in [2.05, 4.69) is 15.5 Å². The van der Waals surface area contributed by atoms with Crippen LogP contribution in [0.2, 0.25) is 0 Å². The van der Waals surface area contributed by atoms with Gasteiger partial charge in [0.25, 0.3) is 11.8 Å². The summed E-state index contributed by atoms with van der Waals surface area (Å²) in [6.07, 6.45) is 3.12. The van der Waals surface area contributed by atoms with Crippen LogP contribution in [0.3, 0.4) is 0 Å². The molecule has 50 heavy (non-hydrogen) atoms. The summed E-state index contributed by atoms with van der Waals surface area (Å²) < 4.78 is 3.70. The van der Waals surface area contributed by atoms with E-state index in [1.807, 2.05) is 88.5 Å². The first-order valence-corrected chi connectivity index (χ1v) is 18.2. The van der Waals surface area contributed by atoms with E-state index in [9.17, 15) is 14.4 Å². The topological polar surface area (TPSA) is 129 Å². The molecule has 13 heteroatoms. The molecule has 2 fully saturated rings. The summed E-state index contributed by atoms with van der Waals surface area (Å²) in [7, 11) is 0. The number of hydrogen-bond acceptors (Lipinski definition) is 6. The van der Waals surface area contributed by atoms with E-state index in [1.54, 1.807) is 0 Å². The van der Waals surface area contributed by atoms with Crippen LogP contribution in [0.4, 0.5) is 4.79 Å². The van der Waals surface area contributed by atoms with Crippen molar-refractivity contribution in [3.05, 3.63) is 59.9 Å². The number of halogens is 1. The summed E-state index contributed by atoms with van der Waals surface area (Å²) in [6, 6.07) is 15.7. The smallest absolute Gasteiger partial charge is 0.407 e. The molecule has 2 saturated heterocycles. The van der Waals surface area contributed by atoms with E-state index in [-0.39, 0.29) is 16.7 Å². The average molecular weight is 705 g/mol. The molecule has 12 nitrogen and oxygen atoms in total. The summed E-state index contributed by atoms with van der Waals surface area (Å²) in [5, 5.41) is 23.4. The summed E-state index contributed by atoms with van der Waals surface area (Å²) in [6.45, 7) is 13.7. The standard InChI is InChI=1S/C17H20N4O3.C16H20N4O.C4H9Cl/c22-16-15-13-3-1-2-4-14(13)18-21(15)10-9-20(16)11-12-5-7-19(8-6-12)17(23)24;21-16-15-13-3-1-2-4-14(13)18-20(15)10-9-19(16)11-12-5-7-17-8-6-12;1-4(2,3)5/h1-4,12H,5-11H2,(H,23,24);1-4,12,17H,5-11H2;1-3H3. The van der Waals surface area contributed by atoms with Gasteiger partial charge in [0.15, 0.2) is 0 Å². The summed E-state index contributed by atoms with van der Waals surface area (Å²) in [4.78, 5) is 42.1. The fourth-order valence-electron chi connectivity index (χ4n) is 7.21. The monoisotopic (exact) mass is 704 g/mol. The molecule has 8 rings (SSSR count). The molecule has 0 saturated carbocycles. The Morgan fingerprint density at radius 1 is 0.740 bits per heavy atom. The second-order valence-electron chi connectivity index (χ2n) is 14.7. The Hall–Kier alpha value is -4.16. The van der Waals surface area contributed by atoms with Crippen molar-refractivity contribution in [1.82, 2.24) is 39.6 Å². The second kappa shape index (κ2) is 15.4. The molecule has 2 N–H and O–H groups in total. The molecule has 268 valence electrons. The van der Waals surface area contributed by atoms with Gasteiger partial charge in [0.05, 0.1) is 24.1 Å². The third-order valence-corrected chi connectivity index (χ3v) is 9.74. The normalized spacial score (nSPS) is 18.7. The zero-order valence-corrected chi connectivity index (χ0v) is 30.1. The van der Waals surface area contributed by atoms with Crippen LogP contribution in [0.25, 0.3) is 21.8 Å². The minimum atomic E-state index is -0.849. The Balaban J connectivity index is 0.000000154. The van der Waals surface area contributed by atoms with Crippen molar-refractivity contribution < 1.29 is 19.5 Å². The fraction of sp³-hybridized carbons (Fsp3) is 0.541. The average Bonchev–Trinajstić information content (AvgIpc) is 3.67. The van der Waals surface area contributed by atoms with Crippen LogP contribution in [0.5, 0.6) is 0 Å². The third kappa shape index (κ3) is 8.40. The number of benzene rings is 2. The van der Waals surface area contributed by atoms with Crippen molar-refractivity contribution in [3.63, 3.8) is 0 Å². The van der Waals surface area contributed by atoms with E-state index >= 15 is 0 Å². The lowest BCUT2D eigenvalue weighted by Gasteiger charge is -2.35. The number of alkyl halides is 1. The lowest BCUT2D eigenvalue weighted by atomic mass is 9.96. The lowest BCUT2D eigenvalue weighted by molar-refractivity contribution is 0.0624. The van der Waals surface area contributed by atoms with Crippen LogP contribution in [-0.2, 0) is 13.1 Å². The van der Waals surface area contributed by atoms with Crippen LogP contribution in [0, 0.1) is 11.8 Å². The highest BCUT2D eigenvalue weighted by atomic mass is 35.5. The van der Waals surface area contributed by atoms with Crippen molar-refractivity contribution in [2.24, 2.45) is 11.8 Å². The maximum Gasteiger partial charge on any atom is 0.407 e. The predicted molar refractivity (Wildman–Crippen MR) is 195 cm³/mol. The molecule has 4 aliphatic heterocycles.